The summed E-state index contributed by atoms with van der Waals surface area (Å²) in [4.78, 5) is 0. The summed E-state index contributed by atoms with van der Waals surface area (Å²) >= 11 is 0. The van der Waals surface area contributed by atoms with Crippen LogP contribution in [0.2, 0.25) is 0 Å². The van der Waals surface area contributed by atoms with Gasteiger partial charge in [0.2, 0.25) is 0 Å². The molecule has 0 nitrogen and oxygen atoms in total. The first-order chi connectivity index (χ1) is 12.1. The van der Waals surface area contributed by atoms with Crippen molar-refractivity contribution in [2.24, 2.45) is 35.5 Å². The SMILES string of the molecule is CC1CCC(CC2CCC(C)CC2)CC1.CCC1CCC(CC)CC1.S.S.S. The van der Waals surface area contributed by atoms with Gasteiger partial charge in [0, 0.05) is 0 Å². The Balaban J connectivity index is 0. The Hall–Kier alpha value is 1.05. The summed E-state index contributed by atoms with van der Waals surface area (Å²) in [7, 11) is 0. The molecule has 3 aliphatic carbocycles. The monoisotopic (exact) mass is 450 g/mol. The van der Waals surface area contributed by atoms with Crippen molar-refractivity contribution in [2.75, 3.05) is 0 Å². The van der Waals surface area contributed by atoms with Crippen LogP contribution in [-0.4, -0.2) is 0 Å². The van der Waals surface area contributed by atoms with Crippen molar-refractivity contribution < 1.29 is 0 Å². The van der Waals surface area contributed by atoms with E-state index >= 15 is 0 Å². The Morgan fingerprint density at radius 1 is 0.429 bits per heavy atom. The van der Waals surface area contributed by atoms with Gasteiger partial charge in [-0.2, -0.15) is 40.5 Å². The van der Waals surface area contributed by atoms with Crippen molar-refractivity contribution in [3.05, 3.63) is 0 Å². The lowest BCUT2D eigenvalue weighted by Crippen LogP contribution is -2.19. The molecular formula is C25H54S3. The molecule has 0 N–H and O–H groups in total. The molecule has 0 saturated heterocycles. The van der Waals surface area contributed by atoms with Crippen LogP contribution in [0.3, 0.4) is 0 Å². The van der Waals surface area contributed by atoms with E-state index in [0.717, 1.165) is 35.5 Å². The predicted molar refractivity (Wildman–Crippen MR) is 144 cm³/mol. The number of hydrogen-bond acceptors (Lipinski definition) is 0. The van der Waals surface area contributed by atoms with E-state index in [-0.39, 0.29) is 40.5 Å². The second-order valence-electron chi connectivity index (χ2n) is 10.2. The zero-order valence-corrected chi connectivity index (χ0v) is 22.6. The van der Waals surface area contributed by atoms with E-state index in [1.165, 1.54) is 89.9 Å². The molecule has 3 rings (SSSR count). The van der Waals surface area contributed by atoms with E-state index in [1.807, 2.05) is 0 Å². The Morgan fingerprint density at radius 2 is 0.679 bits per heavy atom. The fraction of sp³-hybridized carbons (Fsp3) is 1.00. The third kappa shape index (κ3) is 12.0. The molecule has 172 valence electrons. The van der Waals surface area contributed by atoms with Crippen LogP contribution < -0.4 is 0 Å². The van der Waals surface area contributed by atoms with Crippen molar-refractivity contribution in [2.45, 2.75) is 124 Å². The molecule has 28 heavy (non-hydrogen) atoms. The zero-order chi connectivity index (χ0) is 18.1. The third-order valence-electron chi connectivity index (χ3n) is 8.06. The van der Waals surface area contributed by atoms with Crippen LogP contribution in [0.15, 0.2) is 0 Å². The highest BCUT2D eigenvalue weighted by molar-refractivity contribution is 7.59. The van der Waals surface area contributed by atoms with Crippen molar-refractivity contribution in [3.8, 4) is 0 Å². The Bertz CT molecular complexity index is 291. The minimum atomic E-state index is 0. The molecule has 3 saturated carbocycles. The molecule has 3 fully saturated rings. The van der Waals surface area contributed by atoms with Crippen LogP contribution in [0.4, 0.5) is 0 Å². The lowest BCUT2D eigenvalue weighted by molar-refractivity contribution is 0.201. The summed E-state index contributed by atoms with van der Waals surface area (Å²) in [6, 6.07) is 0. The second-order valence-corrected chi connectivity index (χ2v) is 10.2. The van der Waals surface area contributed by atoms with Crippen LogP contribution >= 0.6 is 40.5 Å². The summed E-state index contributed by atoms with van der Waals surface area (Å²) in [5.41, 5.74) is 0. The third-order valence-corrected chi connectivity index (χ3v) is 8.06. The van der Waals surface area contributed by atoms with Gasteiger partial charge in [-0.25, -0.2) is 0 Å². The number of rotatable bonds is 4. The van der Waals surface area contributed by atoms with E-state index in [2.05, 4.69) is 27.7 Å². The van der Waals surface area contributed by atoms with Crippen LogP contribution in [0.1, 0.15) is 124 Å². The van der Waals surface area contributed by atoms with Crippen molar-refractivity contribution in [1.29, 1.82) is 0 Å². The normalized spacial score (nSPS) is 35.1. The molecule has 0 aromatic heterocycles. The molecule has 0 aliphatic heterocycles. The molecule has 0 spiro atoms. The summed E-state index contributed by atoms with van der Waals surface area (Å²) in [5.74, 6) is 6.38. The predicted octanol–water partition coefficient (Wildman–Crippen LogP) is 8.98. The molecule has 0 radical (unpaired) electrons. The van der Waals surface area contributed by atoms with Crippen molar-refractivity contribution in [1.82, 2.24) is 0 Å². The maximum absolute atomic E-state index is 2.43. The minimum absolute atomic E-state index is 0. The van der Waals surface area contributed by atoms with Gasteiger partial charge in [0.05, 0.1) is 0 Å². The van der Waals surface area contributed by atoms with Gasteiger partial charge in [-0.1, -0.05) is 118 Å². The van der Waals surface area contributed by atoms with Crippen LogP contribution in [0.25, 0.3) is 0 Å². The molecule has 0 bridgehead atoms. The molecule has 3 aliphatic rings. The molecule has 3 heteroatoms. The highest BCUT2D eigenvalue weighted by Crippen LogP contribution is 2.38. The van der Waals surface area contributed by atoms with Gasteiger partial charge in [0.1, 0.15) is 0 Å². The Morgan fingerprint density at radius 3 is 0.929 bits per heavy atom. The first-order valence-corrected chi connectivity index (χ1v) is 12.1. The van der Waals surface area contributed by atoms with Gasteiger partial charge in [0.15, 0.2) is 0 Å². The summed E-state index contributed by atoms with van der Waals surface area (Å²) in [6.07, 6.45) is 22.6. The van der Waals surface area contributed by atoms with Gasteiger partial charge in [-0.3, -0.25) is 0 Å². The van der Waals surface area contributed by atoms with Gasteiger partial charge < -0.3 is 0 Å². The van der Waals surface area contributed by atoms with Crippen LogP contribution in [-0.2, 0) is 0 Å². The molecule has 0 unspecified atom stereocenters. The quantitative estimate of drug-likeness (QED) is 0.401. The van der Waals surface area contributed by atoms with E-state index < -0.39 is 0 Å². The van der Waals surface area contributed by atoms with E-state index in [1.54, 1.807) is 6.42 Å². The van der Waals surface area contributed by atoms with E-state index in [4.69, 9.17) is 0 Å². The Kier molecular flexibility index (Phi) is 19.7. The van der Waals surface area contributed by atoms with E-state index in [9.17, 15) is 0 Å². The van der Waals surface area contributed by atoms with Crippen molar-refractivity contribution >= 4 is 40.5 Å². The largest absolute Gasteiger partial charge is 0.197 e. The average Bonchev–Trinajstić information content (AvgIpc) is 2.66. The molecule has 0 amide bonds. The van der Waals surface area contributed by atoms with Crippen LogP contribution in [0.5, 0.6) is 0 Å². The van der Waals surface area contributed by atoms with E-state index in [0.29, 0.717) is 0 Å². The topological polar surface area (TPSA) is 0 Å². The molecular weight excluding hydrogens is 396 g/mol. The smallest absolute Gasteiger partial charge is 0.0411 e. The van der Waals surface area contributed by atoms with Gasteiger partial charge in [-0.15, -0.1) is 0 Å². The molecule has 0 aromatic rings. The van der Waals surface area contributed by atoms with Gasteiger partial charge in [0.25, 0.3) is 0 Å². The molecule has 0 aromatic carbocycles. The minimum Gasteiger partial charge on any atom is -0.197 e. The van der Waals surface area contributed by atoms with Crippen molar-refractivity contribution in [3.63, 3.8) is 0 Å². The number of hydrogen-bond donors (Lipinski definition) is 0. The Labute approximate surface area is 199 Å². The highest BCUT2D eigenvalue weighted by Gasteiger charge is 2.24. The van der Waals surface area contributed by atoms with Gasteiger partial charge in [-0.05, 0) is 41.9 Å². The summed E-state index contributed by atoms with van der Waals surface area (Å²) in [5, 5.41) is 0. The highest BCUT2D eigenvalue weighted by atomic mass is 32.1. The zero-order valence-electron chi connectivity index (χ0n) is 19.6. The maximum Gasteiger partial charge on any atom is -0.0411 e. The lowest BCUT2D eigenvalue weighted by Gasteiger charge is -2.32. The summed E-state index contributed by atoms with van der Waals surface area (Å²) < 4.78 is 0. The lowest BCUT2D eigenvalue weighted by atomic mass is 9.74. The molecule has 0 heterocycles. The first-order valence-electron chi connectivity index (χ1n) is 12.1. The summed E-state index contributed by atoms with van der Waals surface area (Å²) in [6.45, 7) is 9.52. The molecule has 0 atom stereocenters. The standard InChI is InChI=1S/C15H28.C10H20.3H2S/c1-12-3-7-14(8-4-12)11-15-9-5-13(2)6-10-15;1-3-9-5-7-10(4-2)8-6-9;;;/h12-15H,3-11H2,1-2H3;9-10H,3-8H2,1-2H3;3*1H2. The van der Waals surface area contributed by atoms with Gasteiger partial charge >= 0.3 is 0 Å². The fourth-order valence-corrected chi connectivity index (χ4v) is 5.65. The average molecular weight is 451 g/mol. The fourth-order valence-electron chi connectivity index (χ4n) is 5.65. The first kappa shape index (κ1) is 31.2. The van der Waals surface area contributed by atoms with Crippen LogP contribution in [0, 0.1) is 35.5 Å². The second kappa shape index (κ2) is 17.7. The maximum atomic E-state index is 2.43.